The zero-order valence-corrected chi connectivity index (χ0v) is 38.0. The number of aliphatic hydroxyl groups excluding tert-OH is 2. The summed E-state index contributed by atoms with van der Waals surface area (Å²) < 4.78 is 29.8. The van der Waals surface area contributed by atoms with Gasteiger partial charge in [-0.2, -0.15) is 0 Å². The van der Waals surface area contributed by atoms with E-state index in [0.29, 0.717) is 28.5 Å². The molecule has 1 saturated heterocycles. The van der Waals surface area contributed by atoms with Gasteiger partial charge in [-0.25, -0.2) is 19.6 Å². The van der Waals surface area contributed by atoms with Gasteiger partial charge in [-0.15, -0.1) is 0 Å². The molecule has 8 atom stereocenters. The van der Waals surface area contributed by atoms with Crippen LogP contribution in [0.5, 0.6) is 5.75 Å². The number of hydrogen-bond acceptors (Lipinski definition) is 15. The predicted molar refractivity (Wildman–Crippen MR) is 241 cm³/mol. The largest absolute Gasteiger partial charge is 0.462 e. The number of aliphatic hydroxyl groups is 2. The maximum absolute atomic E-state index is 14.3. The first-order chi connectivity index (χ1) is 32.6. The Kier molecular flexibility index (Phi) is 13.7. The minimum absolute atomic E-state index is 0.0644. The predicted octanol–water partition coefficient (Wildman–Crippen LogP) is 2.50. The lowest BCUT2D eigenvalue weighted by Crippen LogP contribution is -2.58. The Balaban J connectivity index is 0.926. The lowest BCUT2D eigenvalue weighted by Gasteiger charge is -2.40. The molecule has 2 aromatic carbocycles. The molecule has 3 amide bonds. The van der Waals surface area contributed by atoms with E-state index < -0.39 is 89.5 Å². The van der Waals surface area contributed by atoms with Gasteiger partial charge in [0.15, 0.2) is 0 Å². The van der Waals surface area contributed by atoms with Crippen molar-refractivity contribution in [3.8, 4) is 17.1 Å². The number of imidazole rings is 1. The number of amides is 3. The highest BCUT2D eigenvalue weighted by atomic mass is 16.7. The van der Waals surface area contributed by atoms with Crippen LogP contribution in [0.3, 0.4) is 0 Å². The number of fused-ring (bicyclic) bond motifs is 5. The van der Waals surface area contributed by atoms with Gasteiger partial charge in [0, 0.05) is 60.5 Å². The molecule has 3 aliphatic rings. The minimum Gasteiger partial charge on any atom is -0.462 e. The molecule has 0 aliphatic carbocycles. The average molecular weight is 936 g/mol. The maximum Gasteiger partial charge on any atom is 0.355 e. The number of benzene rings is 2. The molecule has 5 aromatic rings. The first kappa shape index (κ1) is 47.5. The summed E-state index contributed by atoms with van der Waals surface area (Å²) in [7, 11) is 1.36. The highest BCUT2D eigenvalue weighted by Crippen LogP contribution is 2.41. The Morgan fingerprint density at radius 3 is 2.46 bits per heavy atom. The van der Waals surface area contributed by atoms with Crippen molar-refractivity contribution < 1.29 is 57.9 Å². The first-order valence-corrected chi connectivity index (χ1v) is 22.3. The maximum atomic E-state index is 14.3. The van der Waals surface area contributed by atoms with Gasteiger partial charge in [-0.05, 0) is 61.7 Å². The summed E-state index contributed by atoms with van der Waals surface area (Å²) in [5, 5.41) is 29.8. The topological polar surface area (TPSA) is 272 Å². The zero-order valence-electron chi connectivity index (χ0n) is 38.0. The number of nitrogens with one attached hydrogen (secondary N) is 4. The van der Waals surface area contributed by atoms with Gasteiger partial charge in [-0.3, -0.25) is 19.2 Å². The summed E-state index contributed by atoms with van der Waals surface area (Å²) in [6.07, 6.45) is -2.88. The second kappa shape index (κ2) is 19.7. The van der Waals surface area contributed by atoms with Crippen molar-refractivity contribution in [1.82, 2.24) is 30.2 Å². The Morgan fingerprint density at radius 1 is 1.00 bits per heavy atom. The van der Waals surface area contributed by atoms with Crippen LogP contribution in [0.4, 0.5) is 5.69 Å². The number of methoxy groups -OCH3 is 1. The van der Waals surface area contributed by atoms with Crippen LogP contribution in [0, 0.1) is 5.92 Å². The van der Waals surface area contributed by atoms with Crippen LogP contribution in [0.25, 0.3) is 22.3 Å². The summed E-state index contributed by atoms with van der Waals surface area (Å²) in [5.74, 6) is -4.01. The van der Waals surface area contributed by atoms with Gasteiger partial charge >= 0.3 is 11.9 Å². The molecule has 20 heteroatoms. The number of pyridine rings is 2. The molecule has 20 nitrogen and oxygen atoms in total. The number of ether oxygens (including phenoxy) is 5. The summed E-state index contributed by atoms with van der Waals surface area (Å²) >= 11 is 0. The van der Waals surface area contributed by atoms with E-state index in [2.05, 4.69) is 25.9 Å². The smallest absolute Gasteiger partial charge is 0.355 e. The normalized spacial score (nSPS) is 22.5. The number of rotatable bonds is 16. The Labute approximate surface area is 389 Å². The number of aromatic nitrogens is 4. The van der Waals surface area contributed by atoms with Gasteiger partial charge in [0.1, 0.15) is 42.8 Å². The number of H-pyrrole nitrogens is 1. The van der Waals surface area contributed by atoms with E-state index >= 15 is 0 Å². The summed E-state index contributed by atoms with van der Waals surface area (Å²) in [5.41, 5.74) is 1.35. The summed E-state index contributed by atoms with van der Waals surface area (Å²) in [6, 6.07) is 14.8. The number of aromatic amines is 1. The van der Waals surface area contributed by atoms with E-state index in [1.54, 1.807) is 62.6 Å². The number of para-hydroxylation sites is 1. The fourth-order valence-electron chi connectivity index (χ4n) is 8.74. The molecule has 1 fully saturated rings. The number of cyclic esters (lactones) is 1. The van der Waals surface area contributed by atoms with E-state index in [1.165, 1.54) is 19.6 Å². The number of anilines is 1. The van der Waals surface area contributed by atoms with Crippen LogP contribution >= 0.6 is 0 Å². The van der Waals surface area contributed by atoms with Crippen molar-refractivity contribution in [1.29, 1.82) is 0 Å². The van der Waals surface area contributed by atoms with Crippen LogP contribution in [0.15, 0.2) is 78.0 Å². The molecular formula is C48H53N7O13. The molecule has 8 rings (SSSR count). The van der Waals surface area contributed by atoms with Crippen molar-refractivity contribution in [2.45, 2.75) is 115 Å². The second-order valence-electron chi connectivity index (χ2n) is 17.4. The van der Waals surface area contributed by atoms with Crippen LogP contribution < -0.4 is 26.2 Å². The molecule has 1 unspecified atom stereocenters. The van der Waals surface area contributed by atoms with Gasteiger partial charge < -0.3 is 59.4 Å². The monoisotopic (exact) mass is 935 g/mol. The minimum atomic E-state index is -2.04. The van der Waals surface area contributed by atoms with E-state index in [0.717, 1.165) is 16.5 Å². The fraction of sp³-hybridized carbons (Fsp3) is 0.417. The lowest BCUT2D eigenvalue weighted by molar-refractivity contribution is -0.272. The van der Waals surface area contributed by atoms with Crippen molar-refractivity contribution in [2.75, 3.05) is 12.4 Å². The second-order valence-corrected chi connectivity index (χ2v) is 17.4. The van der Waals surface area contributed by atoms with Crippen molar-refractivity contribution in [3.63, 3.8) is 0 Å². The van der Waals surface area contributed by atoms with Gasteiger partial charge in [0.05, 0.1) is 41.4 Å². The molecule has 0 spiro atoms. The number of carbonyl (C=O) groups excluding carboxylic acids is 5. The third-order valence-corrected chi connectivity index (χ3v) is 12.5. The Morgan fingerprint density at radius 2 is 1.75 bits per heavy atom. The van der Waals surface area contributed by atoms with Crippen molar-refractivity contribution in [3.05, 3.63) is 106 Å². The molecule has 68 heavy (non-hydrogen) atoms. The summed E-state index contributed by atoms with van der Waals surface area (Å²) in [6.45, 7) is 6.53. The van der Waals surface area contributed by atoms with Gasteiger partial charge in [-0.1, -0.05) is 39.0 Å². The van der Waals surface area contributed by atoms with Crippen molar-refractivity contribution in [2.24, 2.45) is 5.92 Å². The molecule has 3 aromatic heterocycles. The van der Waals surface area contributed by atoms with Gasteiger partial charge in [0.2, 0.25) is 29.6 Å². The average Bonchev–Trinajstić information content (AvgIpc) is 3.97. The molecule has 0 bridgehead atoms. The molecule has 6 heterocycles. The molecular weight excluding hydrogens is 883 g/mol. The molecule has 6 N–H and O–H groups in total. The molecule has 0 saturated carbocycles. The zero-order chi connectivity index (χ0) is 48.4. The third-order valence-electron chi connectivity index (χ3n) is 12.5. The molecule has 0 radical (unpaired) electrons. The van der Waals surface area contributed by atoms with Crippen LogP contribution in [-0.2, 0) is 68.1 Å². The molecule has 3 aliphatic heterocycles. The third kappa shape index (κ3) is 9.44. The van der Waals surface area contributed by atoms with E-state index in [9.17, 15) is 39.0 Å². The SMILES string of the molecule is CC[C@@]1(OC(=O)[C@@H](NC(=O)[C@H](Cc2cnc[nH]2)NC(=O)CCC(=O)Nc2ccc(O[C@H]3O[C@@H](C)C(O)[C@@H](OC)[C@@H]3O)cc2)C(C)C)C(=O)OCc2c1cc1n(c2=O)Cc2cc3ccccc3nc2-1. The van der Waals surface area contributed by atoms with E-state index in [4.69, 9.17) is 28.7 Å². The molecule has 358 valence electrons. The van der Waals surface area contributed by atoms with E-state index in [1.807, 2.05) is 30.3 Å². The Hall–Kier alpha value is -7.00. The number of nitrogens with zero attached hydrogens (tertiary/aromatic N) is 3. The summed E-state index contributed by atoms with van der Waals surface area (Å²) in [4.78, 5) is 94.3. The van der Waals surface area contributed by atoms with E-state index in [-0.39, 0.29) is 50.0 Å². The quantitative estimate of drug-likeness (QED) is 0.0762. The van der Waals surface area contributed by atoms with Gasteiger partial charge in [0.25, 0.3) is 5.56 Å². The number of hydrogen-bond donors (Lipinski definition) is 6. The number of esters is 2. The van der Waals surface area contributed by atoms with Crippen LogP contribution in [0.2, 0.25) is 0 Å². The van der Waals surface area contributed by atoms with Crippen LogP contribution in [-0.4, -0.2) is 109 Å². The number of carbonyl (C=O) groups is 5. The fourth-order valence-corrected chi connectivity index (χ4v) is 8.74. The Bertz CT molecular complexity index is 2780. The standard InChI is InChI=1S/C48H53N7O13/c1-6-48(32-19-35-39-27(17-26-9-7-8-10-33(26)53-39)21-55(35)44(61)31(32)22-65-47(48)63)68-45(62)38(24(2)3)54-43(60)34(18-29-20-49-23-50-29)52-37(57)16-15-36(56)51-28-11-13-30(14-12-28)67-46-41(59)42(64-5)40(58)25(4)66-46/h7-14,17,19-20,23-25,34,38,40-42,46,58-59H,6,15-16,18,21-22H2,1-5H3,(H,49,50)(H,51,56)(H,52,57)(H,54,60)/t25-,34-,38-,40?,41-,42+,46+,48-/m0/s1. The first-order valence-electron chi connectivity index (χ1n) is 22.3. The lowest BCUT2D eigenvalue weighted by atomic mass is 9.85. The highest BCUT2D eigenvalue weighted by Gasteiger charge is 2.52. The van der Waals surface area contributed by atoms with Crippen molar-refractivity contribution >= 4 is 46.3 Å². The highest BCUT2D eigenvalue weighted by molar-refractivity contribution is 5.95. The van der Waals surface area contributed by atoms with Crippen LogP contribution in [0.1, 0.15) is 69.3 Å².